The molecule has 210 valence electrons. The minimum absolute atomic E-state index is 0. The first-order valence-corrected chi connectivity index (χ1v) is 13.1. The Bertz CT molecular complexity index is 1210. The number of rotatable bonds is 13. The molecule has 0 aliphatic carbocycles. The normalized spacial score (nSPS) is 11.4. The molecule has 0 saturated carbocycles. The molecule has 0 fully saturated rings. The smallest absolute Gasteiger partial charge is 0.329 e. The summed E-state index contributed by atoms with van der Waals surface area (Å²) in [6, 6.07) is 18.7. The van der Waals surface area contributed by atoms with Crippen molar-refractivity contribution in [3.05, 3.63) is 93.5 Å². The van der Waals surface area contributed by atoms with Crippen LogP contribution >= 0.6 is 35.6 Å². The molecule has 0 unspecified atom stereocenters. The van der Waals surface area contributed by atoms with E-state index in [9.17, 15) is 14.7 Å². The van der Waals surface area contributed by atoms with Crippen molar-refractivity contribution in [3.63, 3.8) is 0 Å². The molecule has 10 heteroatoms. The van der Waals surface area contributed by atoms with E-state index in [0.717, 1.165) is 30.5 Å². The lowest BCUT2D eigenvalue weighted by Crippen LogP contribution is -2.43. The van der Waals surface area contributed by atoms with Gasteiger partial charge in [0.05, 0.1) is 17.2 Å². The standard InChI is InChI=1S/C29H32Cl2N2O5.ClH/c1-33(2)15-9-10-16-37-27-23(30)18-22(26(34)25(27)31)28(35)32-24(17-20-11-5-3-6-12-20)29(36)38-19-21-13-7-4-8-14-21;/h3-8,11-14,18,24,34H,9-10,15-17,19H2,1-2H3,(H,32,35);1H/t24-;/m1./s1. The molecule has 0 heterocycles. The predicted octanol–water partition coefficient (Wildman–Crippen LogP) is 5.93. The molecule has 0 aliphatic rings. The second-order valence-corrected chi connectivity index (χ2v) is 9.85. The Labute approximate surface area is 245 Å². The van der Waals surface area contributed by atoms with Crippen LogP contribution in [0.25, 0.3) is 0 Å². The van der Waals surface area contributed by atoms with Crippen molar-refractivity contribution in [3.8, 4) is 11.5 Å². The van der Waals surface area contributed by atoms with Gasteiger partial charge >= 0.3 is 5.97 Å². The Kier molecular flexibility index (Phi) is 13.4. The monoisotopic (exact) mass is 594 g/mol. The van der Waals surface area contributed by atoms with E-state index in [1.165, 1.54) is 6.07 Å². The molecule has 3 aromatic rings. The summed E-state index contributed by atoms with van der Waals surface area (Å²) in [6.45, 7) is 1.32. The van der Waals surface area contributed by atoms with Crippen molar-refractivity contribution in [2.45, 2.75) is 31.9 Å². The van der Waals surface area contributed by atoms with Gasteiger partial charge in [-0.1, -0.05) is 83.9 Å². The number of benzene rings is 3. The van der Waals surface area contributed by atoms with E-state index in [1.807, 2.05) is 74.8 Å². The quantitative estimate of drug-likeness (QED) is 0.188. The summed E-state index contributed by atoms with van der Waals surface area (Å²) < 4.78 is 11.2. The highest BCUT2D eigenvalue weighted by atomic mass is 35.5. The van der Waals surface area contributed by atoms with E-state index in [-0.39, 0.29) is 46.8 Å². The molecule has 39 heavy (non-hydrogen) atoms. The number of halogens is 3. The summed E-state index contributed by atoms with van der Waals surface area (Å²) in [5.74, 6) is -1.70. The van der Waals surface area contributed by atoms with Crippen LogP contribution in [0.4, 0.5) is 0 Å². The lowest BCUT2D eigenvalue weighted by Gasteiger charge is -2.19. The number of phenolic OH excluding ortho intramolecular Hbond substituents is 1. The maximum absolute atomic E-state index is 13.2. The van der Waals surface area contributed by atoms with Crippen LogP contribution in [0.15, 0.2) is 66.7 Å². The van der Waals surface area contributed by atoms with Crippen molar-refractivity contribution < 1.29 is 24.2 Å². The fourth-order valence-corrected chi connectivity index (χ4v) is 4.27. The summed E-state index contributed by atoms with van der Waals surface area (Å²) >= 11 is 12.7. The highest BCUT2D eigenvalue weighted by molar-refractivity contribution is 6.39. The van der Waals surface area contributed by atoms with Crippen molar-refractivity contribution in [2.75, 3.05) is 27.2 Å². The fraction of sp³-hybridized carbons (Fsp3) is 0.310. The lowest BCUT2D eigenvalue weighted by atomic mass is 10.0. The molecule has 7 nitrogen and oxygen atoms in total. The van der Waals surface area contributed by atoms with Crippen LogP contribution in [-0.2, 0) is 22.6 Å². The highest BCUT2D eigenvalue weighted by Crippen LogP contribution is 2.42. The SMILES string of the molecule is CN(C)CCCCOc1c(Cl)cc(C(=O)N[C@H](Cc2ccccc2)C(=O)OCc2ccccc2)c(O)c1Cl.Cl. The van der Waals surface area contributed by atoms with Crippen LogP contribution in [0.1, 0.15) is 34.3 Å². The van der Waals surface area contributed by atoms with E-state index >= 15 is 0 Å². The highest BCUT2D eigenvalue weighted by Gasteiger charge is 2.27. The van der Waals surface area contributed by atoms with E-state index in [0.29, 0.717) is 6.61 Å². The molecule has 3 aromatic carbocycles. The number of hydrogen-bond acceptors (Lipinski definition) is 6. The number of carbonyl (C=O) groups is 2. The van der Waals surface area contributed by atoms with E-state index in [1.54, 1.807) is 0 Å². The van der Waals surface area contributed by atoms with Crippen molar-refractivity contribution >= 4 is 47.5 Å². The number of nitrogens with one attached hydrogen (secondary N) is 1. The second kappa shape index (κ2) is 16.2. The van der Waals surface area contributed by atoms with Gasteiger partial charge < -0.3 is 24.8 Å². The number of esters is 1. The summed E-state index contributed by atoms with van der Waals surface area (Å²) in [7, 11) is 3.98. The third-order valence-electron chi connectivity index (χ3n) is 5.74. The van der Waals surface area contributed by atoms with Crippen molar-refractivity contribution in [1.29, 1.82) is 0 Å². The Morgan fingerprint density at radius 1 is 0.974 bits per heavy atom. The maximum Gasteiger partial charge on any atom is 0.329 e. The molecule has 0 radical (unpaired) electrons. The first kappa shape index (κ1) is 32.2. The Morgan fingerprint density at radius 3 is 2.21 bits per heavy atom. The largest absolute Gasteiger partial charge is 0.505 e. The molecular formula is C29H33Cl3N2O5. The van der Waals surface area contributed by atoms with Crippen LogP contribution in [0.2, 0.25) is 10.0 Å². The van der Waals surface area contributed by atoms with Crippen LogP contribution in [0, 0.1) is 0 Å². The van der Waals surface area contributed by atoms with E-state index in [4.69, 9.17) is 32.7 Å². The molecule has 0 aromatic heterocycles. The van der Waals surface area contributed by atoms with Gasteiger partial charge in [-0.15, -0.1) is 12.4 Å². The van der Waals surface area contributed by atoms with Gasteiger partial charge in [0.2, 0.25) is 0 Å². The van der Waals surface area contributed by atoms with Crippen LogP contribution in [-0.4, -0.2) is 55.2 Å². The fourth-order valence-electron chi connectivity index (χ4n) is 3.71. The molecule has 0 bridgehead atoms. The molecular weight excluding hydrogens is 563 g/mol. The van der Waals surface area contributed by atoms with Crippen LogP contribution < -0.4 is 10.1 Å². The number of aromatic hydroxyl groups is 1. The molecule has 2 N–H and O–H groups in total. The molecule has 3 rings (SSSR count). The lowest BCUT2D eigenvalue weighted by molar-refractivity contribution is -0.147. The molecule has 1 amide bonds. The number of unbranched alkanes of at least 4 members (excludes halogenated alkanes) is 1. The van der Waals surface area contributed by atoms with Gasteiger partial charge in [-0.05, 0) is 50.7 Å². The number of amides is 1. The minimum Gasteiger partial charge on any atom is -0.505 e. The number of hydrogen-bond donors (Lipinski definition) is 2. The average molecular weight is 596 g/mol. The van der Waals surface area contributed by atoms with E-state index < -0.39 is 23.7 Å². The van der Waals surface area contributed by atoms with Crippen LogP contribution in [0.5, 0.6) is 11.5 Å². The average Bonchev–Trinajstić information content (AvgIpc) is 2.91. The summed E-state index contributed by atoms with van der Waals surface area (Å²) in [5, 5.41) is 13.3. The van der Waals surface area contributed by atoms with Crippen molar-refractivity contribution in [1.82, 2.24) is 10.2 Å². The maximum atomic E-state index is 13.2. The summed E-state index contributed by atoms with van der Waals surface area (Å²) in [5.41, 5.74) is 1.47. The summed E-state index contributed by atoms with van der Waals surface area (Å²) in [4.78, 5) is 28.3. The van der Waals surface area contributed by atoms with Crippen LogP contribution in [0.3, 0.4) is 0 Å². The Hall–Kier alpha value is -2.97. The van der Waals surface area contributed by atoms with Gasteiger partial charge in [-0.3, -0.25) is 4.79 Å². The molecule has 0 aliphatic heterocycles. The first-order valence-electron chi connectivity index (χ1n) is 12.3. The second-order valence-electron chi connectivity index (χ2n) is 9.07. The number of carbonyl (C=O) groups excluding carboxylic acids is 2. The minimum atomic E-state index is -1.02. The molecule has 0 spiro atoms. The molecule has 1 atom stereocenters. The van der Waals surface area contributed by atoms with Gasteiger partial charge in [-0.2, -0.15) is 0 Å². The Morgan fingerprint density at radius 2 is 1.59 bits per heavy atom. The molecule has 0 saturated heterocycles. The number of nitrogens with zero attached hydrogens (tertiary/aromatic N) is 1. The summed E-state index contributed by atoms with van der Waals surface area (Å²) in [6.07, 6.45) is 1.87. The van der Waals surface area contributed by atoms with Gasteiger partial charge in [0.1, 0.15) is 17.7 Å². The topological polar surface area (TPSA) is 88.1 Å². The Balaban J connectivity index is 0.00000533. The van der Waals surface area contributed by atoms with Gasteiger partial charge in [0.15, 0.2) is 11.5 Å². The zero-order valence-corrected chi connectivity index (χ0v) is 24.2. The number of phenols is 1. The number of ether oxygens (including phenoxy) is 2. The predicted molar refractivity (Wildman–Crippen MR) is 156 cm³/mol. The van der Waals surface area contributed by atoms with Gasteiger partial charge in [-0.25, -0.2) is 4.79 Å². The van der Waals surface area contributed by atoms with Gasteiger partial charge in [0.25, 0.3) is 5.91 Å². The zero-order valence-electron chi connectivity index (χ0n) is 21.9. The van der Waals surface area contributed by atoms with Crippen molar-refractivity contribution in [2.24, 2.45) is 0 Å². The third kappa shape index (κ3) is 9.93. The zero-order chi connectivity index (χ0) is 27.5. The third-order valence-corrected chi connectivity index (χ3v) is 6.37. The first-order chi connectivity index (χ1) is 18.3. The van der Waals surface area contributed by atoms with E-state index in [2.05, 4.69) is 10.2 Å². The van der Waals surface area contributed by atoms with Gasteiger partial charge in [0, 0.05) is 6.42 Å².